The van der Waals surface area contributed by atoms with Crippen LogP contribution in [-0.2, 0) is 21.1 Å². The zero-order valence-corrected chi connectivity index (χ0v) is 12.3. The minimum Gasteiger partial charge on any atom is -0.241 e. The van der Waals surface area contributed by atoms with Gasteiger partial charge < -0.3 is 0 Å². The molecule has 15 heavy (non-hydrogen) atoms. The van der Waals surface area contributed by atoms with Gasteiger partial charge in [0, 0.05) is 26.1 Å². The summed E-state index contributed by atoms with van der Waals surface area (Å²) in [7, 11) is 0. The molecule has 0 saturated carbocycles. The molecule has 0 unspecified atom stereocenters. The van der Waals surface area contributed by atoms with Gasteiger partial charge in [-0.15, -0.1) is 5.56 Å². The van der Waals surface area contributed by atoms with Crippen LogP contribution in [-0.4, -0.2) is 0 Å². The molecule has 0 aliphatic heterocycles. The van der Waals surface area contributed by atoms with Crippen LogP contribution in [0.2, 0.25) is 5.02 Å². The van der Waals surface area contributed by atoms with E-state index in [4.69, 9.17) is 11.6 Å². The fourth-order valence-corrected chi connectivity index (χ4v) is 2.09. The van der Waals surface area contributed by atoms with Gasteiger partial charge in [0.05, 0.1) is 0 Å². The van der Waals surface area contributed by atoms with E-state index in [1.165, 1.54) is 36.0 Å². The summed E-state index contributed by atoms with van der Waals surface area (Å²) in [5.41, 5.74) is 4.02. The molecule has 0 nitrogen and oxygen atoms in total. The van der Waals surface area contributed by atoms with Gasteiger partial charge in [-0.25, -0.2) is 12.5 Å². The van der Waals surface area contributed by atoms with Crippen LogP contribution >= 0.6 is 11.6 Å². The van der Waals surface area contributed by atoms with E-state index in [2.05, 4.69) is 19.1 Å². The van der Waals surface area contributed by atoms with Crippen molar-refractivity contribution in [1.82, 2.24) is 0 Å². The van der Waals surface area contributed by atoms with Crippen LogP contribution in [0.3, 0.4) is 0 Å². The molecule has 0 heterocycles. The fraction of sp³-hybridized carbons (Fsp3) is 0.308. The average Bonchev–Trinajstić information content (AvgIpc) is 2.20. The van der Waals surface area contributed by atoms with E-state index >= 15 is 0 Å². The van der Waals surface area contributed by atoms with Gasteiger partial charge in [0.2, 0.25) is 0 Å². The number of hydrogen-bond acceptors (Lipinski definition) is 0. The Hall–Kier alpha value is -0.192. The van der Waals surface area contributed by atoms with Crippen molar-refractivity contribution in [2.24, 2.45) is 0 Å². The van der Waals surface area contributed by atoms with Gasteiger partial charge in [-0.1, -0.05) is 49.4 Å². The molecular weight excluding hydrogens is 375 g/mol. The third-order valence-electron chi connectivity index (χ3n) is 2.77. The first-order valence-electron chi connectivity index (χ1n) is 5.07. The van der Waals surface area contributed by atoms with Crippen molar-refractivity contribution in [3.05, 3.63) is 47.3 Å². The molecule has 2 heteroatoms. The van der Waals surface area contributed by atoms with E-state index in [0.29, 0.717) is 0 Å². The van der Waals surface area contributed by atoms with Crippen molar-refractivity contribution in [1.29, 1.82) is 0 Å². The maximum absolute atomic E-state index is 5.86. The molecule has 2 rings (SSSR count). The number of allylic oxidation sites excluding steroid dienone is 2. The van der Waals surface area contributed by atoms with E-state index in [1.54, 1.807) is 0 Å². The minimum atomic E-state index is 0. The van der Waals surface area contributed by atoms with Crippen molar-refractivity contribution in [3.63, 3.8) is 0 Å². The number of rotatable bonds is 1. The first-order chi connectivity index (χ1) is 6.77. The zero-order valence-electron chi connectivity index (χ0n) is 8.63. The number of benzene rings is 1. The molecule has 0 atom stereocenters. The maximum Gasteiger partial charge on any atom is 0.0405 e. The Morgan fingerprint density at radius 2 is 1.60 bits per heavy atom. The molecule has 1 aliphatic rings. The second kappa shape index (κ2) is 5.77. The molecule has 1 aliphatic carbocycles. The van der Waals surface area contributed by atoms with Crippen molar-refractivity contribution in [2.45, 2.75) is 25.7 Å². The molecule has 0 N–H and O–H groups in total. The first-order valence-corrected chi connectivity index (χ1v) is 5.45. The van der Waals surface area contributed by atoms with Gasteiger partial charge in [-0.05, 0) is 12.1 Å². The fourth-order valence-electron chi connectivity index (χ4n) is 1.97. The predicted octanol–water partition coefficient (Wildman–Crippen LogP) is 4.50. The van der Waals surface area contributed by atoms with Gasteiger partial charge in [-0.2, -0.15) is 5.57 Å². The zero-order chi connectivity index (χ0) is 9.97. The van der Waals surface area contributed by atoms with E-state index in [0.717, 1.165) is 11.4 Å². The Kier molecular flexibility index (Phi) is 4.96. The van der Waals surface area contributed by atoms with Gasteiger partial charge in [0.25, 0.3) is 0 Å². The van der Waals surface area contributed by atoms with E-state index in [1.807, 2.05) is 12.1 Å². The molecular formula is C13H14ClW-. The quantitative estimate of drug-likeness (QED) is 0.621. The first kappa shape index (κ1) is 12.9. The third-order valence-corrected chi connectivity index (χ3v) is 3.03. The van der Waals surface area contributed by atoms with Crippen molar-refractivity contribution < 1.29 is 21.1 Å². The Morgan fingerprint density at radius 3 is 2.20 bits per heavy atom. The second-order valence-electron chi connectivity index (χ2n) is 3.80. The Labute approximate surface area is 111 Å². The molecule has 1 aromatic rings. The van der Waals surface area contributed by atoms with Crippen LogP contribution in [0.5, 0.6) is 0 Å². The summed E-state index contributed by atoms with van der Waals surface area (Å²) in [5, 5.41) is 0.802. The molecule has 0 spiro atoms. The van der Waals surface area contributed by atoms with Crippen LogP contribution in [0.1, 0.15) is 31.2 Å². The summed E-state index contributed by atoms with van der Waals surface area (Å²) in [6.07, 6.45) is 4.89. The minimum absolute atomic E-state index is 0. The largest absolute Gasteiger partial charge is 0.241 e. The standard InChI is InChI=1S/C13H14Cl.W/c1-10-4-2-3-5-13(10)11-6-8-12(14)9-7-11;/h6-9H,1-5H2;/q-1;. The number of hydrogen-bond donors (Lipinski definition) is 0. The molecule has 0 fully saturated rings. The molecule has 0 bridgehead atoms. The summed E-state index contributed by atoms with van der Waals surface area (Å²) < 4.78 is 0. The Bertz CT molecular complexity index is 351. The van der Waals surface area contributed by atoms with Gasteiger partial charge in [0.1, 0.15) is 0 Å². The third kappa shape index (κ3) is 3.13. The maximum atomic E-state index is 5.86. The van der Waals surface area contributed by atoms with E-state index < -0.39 is 0 Å². The predicted molar refractivity (Wildman–Crippen MR) is 62.2 cm³/mol. The summed E-state index contributed by atoms with van der Waals surface area (Å²) in [4.78, 5) is 0. The average molecular weight is 390 g/mol. The van der Waals surface area contributed by atoms with Crippen LogP contribution in [0.25, 0.3) is 5.57 Å². The SMILES string of the molecule is [CH2-]C1=C(c2ccc(Cl)cc2)CCCC1.[W]. The second-order valence-corrected chi connectivity index (χ2v) is 4.23. The van der Waals surface area contributed by atoms with Crippen LogP contribution < -0.4 is 0 Å². The van der Waals surface area contributed by atoms with E-state index in [-0.39, 0.29) is 21.1 Å². The van der Waals surface area contributed by atoms with Crippen molar-refractivity contribution in [2.75, 3.05) is 0 Å². The Morgan fingerprint density at radius 1 is 1.00 bits per heavy atom. The van der Waals surface area contributed by atoms with E-state index in [9.17, 15) is 0 Å². The van der Waals surface area contributed by atoms with Crippen molar-refractivity contribution >= 4 is 17.2 Å². The molecule has 1 aromatic carbocycles. The molecule has 0 amide bonds. The monoisotopic (exact) mass is 389 g/mol. The summed E-state index contributed by atoms with van der Waals surface area (Å²) in [6.45, 7) is 4.12. The topological polar surface area (TPSA) is 0 Å². The summed E-state index contributed by atoms with van der Waals surface area (Å²) in [6, 6.07) is 8.08. The van der Waals surface area contributed by atoms with Gasteiger partial charge >= 0.3 is 0 Å². The normalized spacial score (nSPS) is 16.1. The smallest absolute Gasteiger partial charge is 0.0405 e. The number of halogens is 1. The summed E-state index contributed by atoms with van der Waals surface area (Å²) in [5.74, 6) is 0. The van der Waals surface area contributed by atoms with Crippen LogP contribution in [0.4, 0.5) is 0 Å². The Balaban J connectivity index is 0.00000112. The molecule has 0 saturated heterocycles. The van der Waals surface area contributed by atoms with Crippen LogP contribution in [0, 0.1) is 6.92 Å². The van der Waals surface area contributed by atoms with Gasteiger partial charge in [0.15, 0.2) is 0 Å². The molecule has 80 valence electrons. The van der Waals surface area contributed by atoms with Crippen molar-refractivity contribution in [3.8, 4) is 0 Å². The van der Waals surface area contributed by atoms with Gasteiger partial charge in [-0.3, -0.25) is 0 Å². The molecule has 0 aromatic heterocycles. The van der Waals surface area contributed by atoms with Crippen LogP contribution in [0.15, 0.2) is 29.8 Å². The summed E-state index contributed by atoms with van der Waals surface area (Å²) >= 11 is 5.86. The molecule has 0 radical (unpaired) electrons.